The van der Waals surface area contributed by atoms with Crippen LogP contribution in [0.15, 0.2) is 82.6 Å². The van der Waals surface area contributed by atoms with Crippen molar-refractivity contribution < 1.29 is 32.3 Å². The third-order valence-electron chi connectivity index (χ3n) is 8.94. The minimum Gasteiger partial charge on any atom is -0.483 e. The summed E-state index contributed by atoms with van der Waals surface area (Å²) in [6.45, 7) is 9.17. The molecule has 4 rings (SSSR count). The molecule has 1 aliphatic rings. The predicted octanol–water partition coefficient (Wildman–Crippen LogP) is 7.39. The molecule has 1 aliphatic heterocycles. The predicted molar refractivity (Wildman–Crippen MR) is 207 cm³/mol. The maximum atomic E-state index is 14.4. The minimum absolute atomic E-state index is 0.0199. The summed E-state index contributed by atoms with van der Waals surface area (Å²) < 4.78 is 40.2. The van der Waals surface area contributed by atoms with Gasteiger partial charge in [-0.25, -0.2) is 8.42 Å². The zero-order valence-corrected chi connectivity index (χ0v) is 32.8. The van der Waals surface area contributed by atoms with Crippen molar-refractivity contribution in [3.8, 4) is 5.75 Å². The normalized spacial score (nSPS) is 15.5. The second-order valence-electron chi connectivity index (χ2n) is 14.4. The van der Waals surface area contributed by atoms with Crippen molar-refractivity contribution in [2.45, 2.75) is 94.6 Å². The first-order valence-corrected chi connectivity index (χ1v) is 20.8. The second kappa shape index (κ2) is 18.1. The molecule has 0 bridgehead atoms. The van der Waals surface area contributed by atoms with Crippen molar-refractivity contribution in [2.24, 2.45) is 5.41 Å². The van der Waals surface area contributed by atoms with Gasteiger partial charge in [-0.15, -0.1) is 11.8 Å². The Morgan fingerprint density at radius 3 is 2.13 bits per heavy atom. The number of carbonyl (C=O) groups excluding carboxylic acids is 3. The van der Waals surface area contributed by atoms with E-state index in [2.05, 4.69) is 29.4 Å². The number of nitrogens with zero attached hydrogens (tertiary/aromatic N) is 1. The molecule has 0 aliphatic carbocycles. The van der Waals surface area contributed by atoms with Gasteiger partial charge in [-0.3, -0.25) is 14.4 Å². The van der Waals surface area contributed by atoms with Gasteiger partial charge in [0.1, 0.15) is 23.9 Å². The number of esters is 1. The van der Waals surface area contributed by atoms with E-state index < -0.39 is 51.3 Å². The van der Waals surface area contributed by atoms with Crippen LogP contribution in [0.25, 0.3) is 0 Å². The number of sulfone groups is 1. The molecule has 0 aromatic heterocycles. The van der Waals surface area contributed by atoms with E-state index in [9.17, 15) is 22.8 Å². The monoisotopic (exact) mass is 751 g/mol. The average Bonchev–Trinajstić information content (AvgIpc) is 3.21. The molecule has 2 amide bonds. The van der Waals surface area contributed by atoms with Gasteiger partial charge in [-0.2, -0.15) is 0 Å². The van der Waals surface area contributed by atoms with Crippen molar-refractivity contribution in [3.63, 3.8) is 0 Å². The first kappa shape index (κ1) is 40.7. The Hall–Kier alpha value is -4.03. The van der Waals surface area contributed by atoms with Gasteiger partial charge in [-0.05, 0) is 63.6 Å². The summed E-state index contributed by atoms with van der Waals surface area (Å²) in [4.78, 5) is 41.9. The number of hydrogen-bond acceptors (Lipinski definition) is 9. The van der Waals surface area contributed by atoms with Crippen LogP contribution in [-0.2, 0) is 29.0 Å². The van der Waals surface area contributed by atoms with Crippen LogP contribution in [0.2, 0.25) is 0 Å². The van der Waals surface area contributed by atoms with E-state index in [-0.39, 0.29) is 22.9 Å². The van der Waals surface area contributed by atoms with Crippen molar-refractivity contribution in [1.82, 2.24) is 10.6 Å². The number of hydrogen-bond donors (Lipinski definition) is 2. The van der Waals surface area contributed by atoms with Gasteiger partial charge in [0.25, 0.3) is 5.91 Å². The number of amides is 2. The highest BCUT2D eigenvalue weighted by Crippen LogP contribution is 2.47. The summed E-state index contributed by atoms with van der Waals surface area (Å²) >= 11 is 1.39. The Morgan fingerprint density at radius 2 is 1.56 bits per heavy atom. The summed E-state index contributed by atoms with van der Waals surface area (Å²) in [6.07, 6.45) is 7.28. The highest BCUT2D eigenvalue weighted by Gasteiger charge is 2.42. The molecular formula is C40H53N3O7S2. The lowest BCUT2D eigenvalue weighted by Gasteiger charge is -2.37. The number of unbranched alkanes of at least 4 members (excludes halogenated alkanes) is 2. The van der Waals surface area contributed by atoms with Crippen LogP contribution in [0, 0.1) is 5.41 Å². The fraction of sp³-hybridized carbons (Fsp3) is 0.475. The smallest absolute Gasteiger partial charge is 0.325 e. The topological polar surface area (TPSA) is 131 Å². The summed E-state index contributed by atoms with van der Waals surface area (Å²) in [5.74, 6) is -1.52. The van der Waals surface area contributed by atoms with Crippen LogP contribution in [0.3, 0.4) is 0 Å². The zero-order valence-electron chi connectivity index (χ0n) is 31.2. The lowest BCUT2D eigenvalue weighted by atomic mass is 9.79. The van der Waals surface area contributed by atoms with Crippen LogP contribution >= 0.6 is 11.8 Å². The number of rotatable bonds is 16. The van der Waals surface area contributed by atoms with Crippen molar-refractivity contribution in [3.05, 3.63) is 78.4 Å². The Labute approximate surface area is 313 Å². The van der Waals surface area contributed by atoms with Crippen LogP contribution in [-0.4, -0.2) is 63.5 Å². The van der Waals surface area contributed by atoms with E-state index in [1.165, 1.54) is 11.8 Å². The fourth-order valence-corrected chi connectivity index (χ4v) is 9.17. The van der Waals surface area contributed by atoms with E-state index in [1.54, 1.807) is 57.2 Å². The second-order valence-corrected chi connectivity index (χ2v) is 17.2. The number of fused-ring (bicyclic) bond motifs is 1. The third kappa shape index (κ3) is 11.0. The van der Waals surface area contributed by atoms with Gasteiger partial charge in [0.05, 0.1) is 21.2 Å². The number of para-hydroxylation sites is 1. The summed E-state index contributed by atoms with van der Waals surface area (Å²) in [6, 6.07) is 20.8. The molecular weight excluding hydrogens is 699 g/mol. The molecule has 1 heterocycles. The number of ether oxygens (including phenoxy) is 2. The summed E-state index contributed by atoms with van der Waals surface area (Å²) in [7, 11) is -3.79. The van der Waals surface area contributed by atoms with Gasteiger partial charge in [0.2, 0.25) is 5.91 Å². The molecule has 1 atom stereocenters. The standard InChI is InChI=1S/C40H53N3O7S2/c1-7-9-21-40(22-10-8-2)27-43(30-19-15-12-16-20-30)31-23-33(51-6)32(24-34(31)52(47,48)28-40)49-26-35(44)42-37(29-17-13-11-14-18-29)38(46)41-25-36(45)50-39(3,4)5/h11-20,23-24,37H,7-10,21-22,25-28H2,1-6H3,(H,41,46)(H,42,44)/t37-/m1/s1. The van der Waals surface area contributed by atoms with E-state index in [0.29, 0.717) is 22.7 Å². The zero-order chi connectivity index (χ0) is 37.9. The summed E-state index contributed by atoms with van der Waals surface area (Å²) in [5.41, 5.74) is 0.845. The third-order valence-corrected chi connectivity index (χ3v) is 11.7. The molecule has 3 aromatic carbocycles. The molecule has 0 unspecified atom stereocenters. The maximum absolute atomic E-state index is 14.4. The first-order valence-electron chi connectivity index (χ1n) is 17.9. The highest BCUT2D eigenvalue weighted by molar-refractivity contribution is 7.98. The Kier molecular flexibility index (Phi) is 14.2. The number of thioether (sulfide) groups is 1. The Bertz CT molecular complexity index is 1770. The molecule has 0 fully saturated rings. The largest absolute Gasteiger partial charge is 0.483 e. The van der Waals surface area contributed by atoms with Gasteiger partial charge in [0, 0.05) is 23.7 Å². The Balaban J connectivity index is 1.63. The van der Waals surface area contributed by atoms with Gasteiger partial charge in [-0.1, -0.05) is 88.1 Å². The molecule has 10 nitrogen and oxygen atoms in total. The van der Waals surface area contributed by atoms with E-state index in [1.807, 2.05) is 42.7 Å². The minimum atomic E-state index is -3.79. The number of carbonyl (C=O) groups is 3. The number of benzene rings is 3. The molecule has 0 radical (unpaired) electrons. The van der Waals surface area contributed by atoms with Crippen molar-refractivity contribution in [2.75, 3.05) is 36.6 Å². The highest BCUT2D eigenvalue weighted by atomic mass is 32.2. The molecule has 2 N–H and O–H groups in total. The van der Waals surface area contributed by atoms with Crippen LogP contribution in [0.1, 0.15) is 84.7 Å². The molecule has 0 saturated heterocycles. The van der Waals surface area contributed by atoms with Crippen molar-refractivity contribution >= 4 is 50.8 Å². The van der Waals surface area contributed by atoms with Gasteiger partial charge >= 0.3 is 5.97 Å². The average molecular weight is 752 g/mol. The van der Waals surface area contributed by atoms with Gasteiger partial charge < -0.3 is 25.0 Å². The number of anilines is 2. The van der Waals surface area contributed by atoms with Crippen molar-refractivity contribution in [1.29, 1.82) is 0 Å². The van der Waals surface area contributed by atoms with Crippen LogP contribution < -0.4 is 20.3 Å². The van der Waals surface area contributed by atoms with E-state index in [4.69, 9.17) is 9.47 Å². The summed E-state index contributed by atoms with van der Waals surface area (Å²) in [5, 5.41) is 5.27. The fourth-order valence-electron chi connectivity index (χ4n) is 6.51. The Morgan fingerprint density at radius 1 is 0.942 bits per heavy atom. The number of nitrogens with one attached hydrogen (secondary N) is 2. The molecule has 0 spiro atoms. The first-order chi connectivity index (χ1) is 24.7. The lowest BCUT2D eigenvalue weighted by Crippen LogP contribution is -2.44. The SMILES string of the molecule is CCCCC1(CCCC)CN(c2ccccc2)c2cc(SC)c(OCC(=O)N[C@@H](C(=O)NCC(=O)OC(C)(C)C)c3ccccc3)cc2S(=O)(=O)C1. The van der Waals surface area contributed by atoms with Crippen LogP contribution in [0.5, 0.6) is 5.75 Å². The molecule has 12 heteroatoms. The molecule has 0 saturated carbocycles. The molecule has 282 valence electrons. The van der Waals surface area contributed by atoms with E-state index >= 15 is 0 Å². The van der Waals surface area contributed by atoms with Gasteiger partial charge in [0.15, 0.2) is 16.4 Å². The quantitative estimate of drug-likeness (QED) is 0.114. The maximum Gasteiger partial charge on any atom is 0.325 e. The lowest BCUT2D eigenvalue weighted by molar-refractivity contribution is -0.154. The molecule has 52 heavy (non-hydrogen) atoms. The molecule has 3 aromatic rings. The van der Waals surface area contributed by atoms with E-state index in [0.717, 1.165) is 44.2 Å². The van der Waals surface area contributed by atoms with Crippen LogP contribution in [0.4, 0.5) is 11.4 Å².